The van der Waals surface area contributed by atoms with Gasteiger partial charge in [0.05, 0.1) is 6.61 Å². The average Bonchev–Trinajstić information content (AvgIpc) is 2.30. The molecule has 66 valence electrons. The Bertz CT molecular complexity index is 110. The van der Waals surface area contributed by atoms with Crippen molar-refractivity contribution in [2.45, 2.75) is 24.6 Å². The van der Waals surface area contributed by atoms with E-state index in [4.69, 9.17) is 20.1 Å². The third-order valence-corrected chi connectivity index (χ3v) is 1.73. The number of hydrogen-bond donors (Lipinski definition) is 3. The van der Waals surface area contributed by atoms with Gasteiger partial charge in [-0.2, -0.15) is 0 Å². The fourth-order valence-corrected chi connectivity index (χ4v) is 1.06. The monoisotopic (exact) mass is 164 g/mol. The summed E-state index contributed by atoms with van der Waals surface area (Å²) in [6.45, 7) is -0.321. The van der Waals surface area contributed by atoms with E-state index in [-0.39, 0.29) is 6.61 Å². The van der Waals surface area contributed by atoms with Gasteiger partial charge in [-0.05, 0) is 0 Å². The summed E-state index contributed by atoms with van der Waals surface area (Å²) in [6.07, 6.45) is -3.71. The number of hydrogen-bond acceptors (Lipinski definition) is 5. The number of ether oxygens (including phenoxy) is 2. The van der Waals surface area contributed by atoms with Crippen LogP contribution in [0, 0.1) is 0 Å². The Hall–Kier alpha value is -0.200. The molecule has 5 nitrogen and oxygen atoms in total. The SMILES string of the molecule is CO[C@@H]1O[C@@H](CO)[C@@H](O)C1O. The van der Waals surface area contributed by atoms with Crippen LogP contribution in [0.15, 0.2) is 0 Å². The molecule has 1 fully saturated rings. The Balaban J connectivity index is 2.53. The van der Waals surface area contributed by atoms with E-state index in [1.807, 2.05) is 0 Å². The quantitative estimate of drug-likeness (QED) is 0.443. The summed E-state index contributed by atoms with van der Waals surface area (Å²) < 4.78 is 9.59. The molecule has 0 spiro atoms. The van der Waals surface area contributed by atoms with Gasteiger partial charge in [0.15, 0.2) is 6.29 Å². The molecule has 0 radical (unpaired) electrons. The second-order valence-electron chi connectivity index (χ2n) is 2.44. The van der Waals surface area contributed by atoms with Crippen LogP contribution in [0.4, 0.5) is 0 Å². The summed E-state index contributed by atoms with van der Waals surface area (Å²) in [5, 5.41) is 26.9. The zero-order valence-corrected chi connectivity index (χ0v) is 6.17. The lowest BCUT2D eigenvalue weighted by Gasteiger charge is -2.11. The number of methoxy groups -OCH3 is 1. The summed E-state index contributed by atoms with van der Waals surface area (Å²) in [6, 6.07) is 0. The van der Waals surface area contributed by atoms with Gasteiger partial charge < -0.3 is 24.8 Å². The Kier molecular flexibility index (Phi) is 2.80. The molecule has 3 N–H and O–H groups in total. The highest BCUT2D eigenvalue weighted by Gasteiger charge is 2.42. The first-order valence-electron chi connectivity index (χ1n) is 3.36. The predicted molar refractivity (Wildman–Crippen MR) is 34.8 cm³/mol. The van der Waals surface area contributed by atoms with Crippen LogP contribution in [0.25, 0.3) is 0 Å². The van der Waals surface area contributed by atoms with E-state index >= 15 is 0 Å². The first kappa shape index (κ1) is 8.89. The molecule has 0 aromatic rings. The molecule has 1 unspecified atom stereocenters. The van der Waals surface area contributed by atoms with Crippen molar-refractivity contribution in [1.29, 1.82) is 0 Å². The van der Waals surface area contributed by atoms with Gasteiger partial charge in [0.1, 0.15) is 18.3 Å². The maximum atomic E-state index is 9.15. The standard InChI is InChI=1S/C6H12O5/c1-10-6-5(9)4(8)3(2-7)11-6/h3-9H,2H2,1H3/t3-,4+,5?,6+/m0/s1. The van der Waals surface area contributed by atoms with Crippen molar-refractivity contribution in [2.24, 2.45) is 0 Å². The minimum atomic E-state index is -1.07. The average molecular weight is 164 g/mol. The third kappa shape index (κ3) is 1.52. The fraction of sp³-hybridized carbons (Fsp3) is 1.00. The second kappa shape index (κ2) is 3.46. The van der Waals surface area contributed by atoms with Crippen LogP contribution in [0.1, 0.15) is 0 Å². The zero-order chi connectivity index (χ0) is 8.43. The van der Waals surface area contributed by atoms with E-state index < -0.39 is 24.6 Å². The molecule has 0 amide bonds. The smallest absolute Gasteiger partial charge is 0.186 e. The maximum absolute atomic E-state index is 9.15. The number of aliphatic hydroxyl groups excluding tert-OH is 3. The van der Waals surface area contributed by atoms with Crippen molar-refractivity contribution in [3.8, 4) is 0 Å². The summed E-state index contributed by atoms with van der Waals surface area (Å²) in [5.74, 6) is 0. The molecule has 5 heteroatoms. The lowest BCUT2D eigenvalue weighted by Crippen LogP contribution is -2.34. The van der Waals surface area contributed by atoms with Gasteiger partial charge in [0, 0.05) is 7.11 Å². The highest BCUT2D eigenvalue weighted by molar-refractivity contribution is 4.85. The van der Waals surface area contributed by atoms with E-state index in [0.717, 1.165) is 0 Å². The maximum Gasteiger partial charge on any atom is 0.186 e. The van der Waals surface area contributed by atoms with E-state index in [1.54, 1.807) is 0 Å². The van der Waals surface area contributed by atoms with Crippen LogP contribution >= 0.6 is 0 Å². The summed E-state index contributed by atoms with van der Waals surface area (Å²) in [4.78, 5) is 0. The first-order valence-corrected chi connectivity index (χ1v) is 3.36. The molecule has 0 saturated carbocycles. The number of aliphatic hydroxyl groups is 3. The topological polar surface area (TPSA) is 79.2 Å². The van der Waals surface area contributed by atoms with Gasteiger partial charge in [-0.1, -0.05) is 0 Å². The van der Waals surface area contributed by atoms with Gasteiger partial charge in [-0.3, -0.25) is 0 Å². The predicted octanol–water partition coefficient (Wildman–Crippen LogP) is -1.93. The largest absolute Gasteiger partial charge is 0.394 e. The molecular weight excluding hydrogens is 152 g/mol. The summed E-state index contributed by atoms with van der Waals surface area (Å²) in [7, 11) is 1.36. The molecule has 0 aromatic heterocycles. The van der Waals surface area contributed by atoms with Gasteiger partial charge in [-0.25, -0.2) is 0 Å². The van der Waals surface area contributed by atoms with Crippen molar-refractivity contribution in [3.63, 3.8) is 0 Å². The molecule has 1 aliphatic rings. The fourth-order valence-electron chi connectivity index (χ4n) is 1.06. The van der Waals surface area contributed by atoms with E-state index in [2.05, 4.69) is 4.74 Å². The minimum absolute atomic E-state index is 0.321. The molecule has 1 saturated heterocycles. The first-order chi connectivity index (χ1) is 5.20. The highest BCUT2D eigenvalue weighted by atomic mass is 16.7. The molecule has 1 rings (SSSR count). The minimum Gasteiger partial charge on any atom is -0.394 e. The van der Waals surface area contributed by atoms with Crippen LogP contribution in [-0.2, 0) is 9.47 Å². The van der Waals surface area contributed by atoms with Crippen molar-refractivity contribution in [1.82, 2.24) is 0 Å². The molecule has 0 bridgehead atoms. The molecule has 1 aliphatic heterocycles. The van der Waals surface area contributed by atoms with Gasteiger partial charge in [0.2, 0.25) is 0 Å². The van der Waals surface area contributed by atoms with Crippen LogP contribution < -0.4 is 0 Å². The normalized spacial score (nSPS) is 44.7. The Labute approximate surface area is 64.2 Å². The van der Waals surface area contributed by atoms with Crippen LogP contribution in [0.3, 0.4) is 0 Å². The molecule has 0 aliphatic carbocycles. The van der Waals surface area contributed by atoms with Crippen molar-refractivity contribution in [2.75, 3.05) is 13.7 Å². The van der Waals surface area contributed by atoms with Crippen molar-refractivity contribution < 1.29 is 24.8 Å². The van der Waals surface area contributed by atoms with Gasteiger partial charge in [0.25, 0.3) is 0 Å². The summed E-state index contributed by atoms with van der Waals surface area (Å²) >= 11 is 0. The molecule has 11 heavy (non-hydrogen) atoms. The van der Waals surface area contributed by atoms with Crippen molar-refractivity contribution >= 4 is 0 Å². The van der Waals surface area contributed by atoms with Crippen LogP contribution in [0.5, 0.6) is 0 Å². The van der Waals surface area contributed by atoms with Crippen molar-refractivity contribution in [3.05, 3.63) is 0 Å². The molecular formula is C6H12O5. The lowest BCUT2D eigenvalue weighted by molar-refractivity contribution is -0.153. The molecule has 4 atom stereocenters. The lowest BCUT2D eigenvalue weighted by atomic mass is 10.1. The highest BCUT2D eigenvalue weighted by Crippen LogP contribution is 2.20. The zero-order valence-electron chi connectivity index (χ0n) is 6.17. The van der Waals surface area contributed by atoms with Gasteiger partial charge >= 0.3 is 0 Å². The molecule has 0 aromatic carbocycles. The Morgan fingerprint density at radius 3 is 2.27 bits per heavy atom. The Morgan fingerprint density at radius 2 is 2.00 bits per heavy atom. The molecule has 1 heterocycles. The van der Waals surface area contributed by atoms with E-state index in [1.165, 1.54) is 7.11 Å². The van der Waals surface area contributed by atoms with Crippen LogP contribution in [0.2, 0.25) is 0 Å². The second-order valence-corrected chi connectivity index (χ2v) is 2.44. The Morgan fingerprint density at radius 1 is 1.36 bits per heavy atom. The van der Waals surface area contributed by atoms with E-state index in [9.17, 15) is 0 Å². The number of rotatable bonds is 2. The third-order valence-electron chi connectivity index (χ3n) is 1.73. The van der Waals surface area contributed by atoms with Crippen LogP contribution in [-0.4, -0.2) is 53.6 Å². The van der Waals surface area contributed by atoms with E-state index in [0.29, 0.717) is 0 Å². The summed E-state index contributed by atoms with van der Waals surface area (Å²) in [5.41, 5.74) is 0. The van der Waals surface area contributed by atoms with Gasteiger partial charge in [-0.15, -0.1) is 0 Å².